The number of nitriles is 1. The third kappa shape index (κ3) is 4.20. The van der Waals surface area contributed by atoms with Crippen LogP contribution in [0.3, 0.4) is 0 Å². The quantitative estimate of drug-likeness (QED) is 0.785. The molecule has 0 spiro atoms. The van der Waals surface area contributed by atoms with E-state index in [4.69, 9.17) is 14.2 Å². The van der Waals surface area contributed by atoms with Gasteiger partial charge in [-0.3, -0.25) is 0 Å². The van der Waals surface area contributed by atoms with Crippen molar-refractivity contribution in [3.8, 4) is 23.3 Å². The maximum atomic E-state index is 9.30. The van der Waals surface area contributed by atoms with Gasteiger partial charge in [-0.2, -0.15) is 5.26 Å². The lowest BCUT2D eigenvalue weighted by atomic mass is 10.1. The molecule has 0 saturated heterocycles. The second-order valence-electron chi connectivity index (χ2n) is 4.96. The zero-order chi connectivity index (χ0) is 17.4. The molecule has 2 aromatic rings. The summed E-state index contributed by atoms with van der Waals surface area (Å²) in [5.74, 6) is 1.74. The van der Waals surface area contributed by atoms with Crippen LogP contribution in [0.25, 0.3) is 0 Å². The minimum Gasteiger partial charge on any atom is -0.493 e. The number of hydrogen-bond donors (Lipinski definition) is 1. The summed E-state index contributed by atoms with van der Waals surface area (Å²) < 4.78 is 16.0. The number of nitrogens with zero attached hydrogens (tertiary/aromatic N) is 1. The van der Waals surface area contributed by atoms with Crippen molar-refractivity contribution >= 4 is 5.69 Å². The van der Waals surface area contributed by atoms with E-state index in [1.807, 2.05) is 48.5 Å². The Labute approximate surface area is 142 Å². The topological polar surface area (TPSA) is 63.5 Å². The molecule has 0 aliphatic carbocycles. The molecule has 0 aliphatic heterocycles. The summed E-state index contributed by atoms with van der Waals surface area (Å²) in [7, 11) is 4.72. The first-order valence-corrected chi connectivity index (χ1v) is 7.43. The molecule has 0 unspecified atom stereocenters. The molecule has 0 aliphatic rings. The van der Waals surface area contributed by atoms with E-state index in [9.17, 15) is 5.26 Å². The molecule has 24 heavy (non-hydrogen) atoms. The second-order valence-corrected chi connectivity index (χ2v) is 4.96. The number of para-hydroxylation sites is 1. The van der Waals surface area contributed by atoms with Crippen LogP contribution in [0.1, 0.15) is 5.56 Å². The van der Waals surface area contributed by atoms with Crippen LogP contribution in [0.5, 0.6) is 17.2 Å². The molecular weight excluding hydrogens is 304 g/mol. The van der Waals surface area contributed by atoms with Gasteiger partial charge in [-0.05, 0) is 42.3 Å². The molecule has 0 heterocycles. The Balaban J connectivity index is 2.21. The van der Waals surface area contributed by atoms with Gasteiger partial charge in [0.05, 0.1) is 21.3 Å². The van der Waals surface area contributed by atoms with Gasteiger partial charge in [-0.25, -0.2) is 0 Å². The van der Waals surface area contributed by atoms with Gasteiger partial charge >= 0.3 is 0 Å². The van der Waals surface area contributed by atoms with Gasteiger partial charge in [0.1, 0.15) is 11.8 Å². The number of methoxy groups -OCH3 is 3. The van der Waals surface area contributed by atoms with Gasteiger partial charge in [0.2, 0.25) is 5.75 Å². The van der Waals surface area contributed by atoms with E-state index in [1.165, 1.54) is 0 Å². The maximum absolute atomic E-state index is 9.30. The number of ether oxygens (including phenoxy) is 3. The van der Waals surface area contributed by atoms with Crippen LogP contribution in [0.15, 0.2) is 54.2 Å². The Hall–Kier alpha value is -3.13. The normalized spacial score (nSPS) is 10.7. The summed E-state index contributed by atoms with van der Waals surface area (Å²) in [6.07, 6.45) is 2.38. The average Bonchev–Trinajstić information content (AvgIpc) is 2.64. The maximum Gasteiger partial charge on any atom is 0.203 e. The molecule has 0 atom stereocenters. The third-order valence-corrected chi connectivity index (χ3v) is 3.44. The minimum absolute atomic E-state index is 0.481. The largest absolute Gasteiger partial charge is 0.493 e. The Morgan fingerprint density at radius 2 is 1.67 bits per heavy atom. The highest BCUT2D eigenvalue weighted by Crippen LogP contribution is 2.38. The second kappa shape index (κ2) is 8.49. The number of nitrogens with one attached hydrogen (secondary N) is 1. The molecule has 0 saturated carbocycles. The van der Waals surface area contributed by atoms with Gasteiger partial charge in [0.15, 0.2) is 11.5 Å². The summed E-state index contributed by atoms with van der Waals surface area (Å²) in [5, 5.41) is 12.4. The molecule has 2 aromatic carbocycles. The average molecular weight is 324 g/mol. The van der Waals surface area contributed by atoms with E-state index in [2.05, 4.69) is 11.4 Å². The lowest BCUT2D eigenvalue weighted by Crippen LogP contribution is -1.99. The standard InChI is InChI=1S/C19H20N2O3/c1-22-17-11-14(12-18(23-2)19(17)24-3)9-10-16(13-20)21-15-7-5-4-6-8-15/h4-8,10-12,21H,9H2,1-3H3. The first kappa shape index (κ1) is 17.2. The van der Waals surface area contributed by atoms with Gasteiger partial charge in [-0.1, -0.05) is 18.2 Å². The lowest BCUT2D eigenvalue weighted by Gasteiger charge is -2.13. The number of hydrogen-bond acceptors (Lipinski definition) is 5. The fraction of sp³-hybridized carbons (Fsp3) is 0.211. The van der Waals surface area contributed by atoms with Crippen molar-refractivity contribution in [1.29, 1.82) is 5.26 Å². The lowest BCUT2D eigenvalue weighted by molar-refractivity contribution is 0.324. The molecule has 0 aromatic heterocycles. The Bertz CT molecular complexity index is 724. The highest BCUT2D eigenvalue weighted by molar-refractivity contribution is 5.55. The van der Waals surface area contributed by atoms with E-state index >= 15 is 0 Å². The van der Waals surface area contributed by atoms with E-state index in [1.54, 1.807) is 21.3 Å². The number of benzene rings is 2. The SMILES string of the molecule is COc1cc(CC=C(C#N)Nc2ccccc2)cc(OC)c1OC. The van der Waals surface area contributed by atoms with Crippen molar-refractivity contribution in [3.63, 3.8) is 0 Å². The predicted molar refractivity (Wildman–Crippen MR) is 93.6 cm³/mol. The molecule has 0 bridgehead atoms. The van der Waals surface area contributed by atoms with Crippen LogP contribution < -0.4 is 19.5 Å². The summed E-state index contributed by atoms with van der Waals surface area (Å²) in [6, 6.07) is 15.5. The molecule has 5 nitrogen and oxygen atoms in total. The molecular formula is C19H20N2O3. The molecule has 0 amide bonds. The molecule has 124 valence electrons. The summed E-state index contributed by atoms with van der Waals surface area (Å²) >= 11 is 0. The zero-order valence-electron chi connectivity index (χ0n) is 14.0. The molecule has 0 radical (unpaired) electrons. The van der Waals surface area contributed by atoms with Crippen molar-refractivity contribution in [2.45, 2.75) is 6.42 Å². The fourth-order valence-corrected chi connectivity index (χ4v) is 2.27. The van der Waals surface area contributed by atoms with E-state index in [0.29, 0.717) is 29.4 Å². The summed E-state index contributed by atoms with van der Waals surface area (Å²) in [4.78, 5) is 0. The zero-order valence-corrected chi connectivity index (χ0v) is 14.0. The van der Waals surface area contributed by atoms with E-state index < -0.39 is 0 Å². The highest BCUT2D eigenvalue weighted by atomic mass is 16.5. The molecule has 5 heteroatoms. The highest BCUT2D eigenvalue weighted by Gasteiger charge is 2.12. The minimum atomic E-state index is 0.481. The Kier molecular flexibility index (Phi) is 6.09. The van der Waals surface area contributed by atoms with Crippen LogP contribution in [-0.4, -0.2) is 21.3 Å². The van der Waals surface area contributed by atoms with Gasteiger partial charge in [-0.15, -0.1) is 0 Å². The van der Waals surface area contributed by atoms with E-state index in [-0.39, 0.29) is 0 Å². The third-order valence-electron chi connectivity index (χ3n) is 3.44. The van der Waals surface area contributed by atoms with Gasteiger partial charge < -0.3 is 19.5 Å². The summed E-state index contributed by atoms with van der Waals surface area (Å²) in [5.41, 5.74) is 2.30. The van der Waals surface area contributed by atoms with Crippen molar-refractivity contribution in [2.75, 3.05) is 26.6 Å². The van der Waals surface area contributed by atoms with Gasteiger partial charge in [0.25, 0.3) is 0 Å². The first-order valence-electron chi connectivity index (χ1n) is 7.43. The Morgan fingerprint density at radius 1 is 1.04 bits per heavy atom. The smallest absolute Gasteiger partial charge is 0.203 e. The van der Waals surface area contributed by atoms with Crippen LogP contribution in [0.4, 0.5) is 5.69 Å². The van der Waals surface area contributed by atoms with Crippen LogP contribution in [-0.2, 0) is 6.42 Å². The molecule has 1 N–H and O–H groups in total. The van der Waals surface area contributed by atoms with Gasteiger partial charge in [0, 0.05) is 5.69 Å². The molecule has 0 fully saturated rings. The fourth-order valence-electron chi connectivity index (χ4n) is 2.27. The van der Waals surface area contributed by atoms with Crippen molar-refractivity contribution in [1.82, 2.24) is 0 Å². The number of allylic oxidation sites excluding steroid dienone is 2. The van der Waals surface area contributed by atoms with Crippen LogP contribution in [0.2, 0.25) is 0 Å². The number of anilines is 1. The monoisotopic (exact) mass is 324 g/mol. The van der Waals surface area contributed by atoms with Crippen LogP contribution in [0, 0.1) is 11.3 Å². The predicted octanol–water partition coefficient (Wildman–Crippen LogP) is 3.77. The molecule has 2 rings (SSSR count). The Morgan fingerprint density at radius 3 is 2.17 bits per heavy atom. The van der Waals surface area contributed by atoms with Crippen molar-refractivity contribution in [2.24, 2.45) is 0 Å². The number of rotatable bonds is 7. The van der Waals surface area contributed by atoms with Crippen molar-refractivity contribution in [3.05, 3.63) is 59.8 Å². The summed E-state index contributed by atoms with van der Waals surface area (Å²) in [6.45, 7) is 0. The van der Waals surface area contributed by atoms with E-state index in [0.717, 1.165) is 11.3 Å². The van der Waals surface area contributed by atoms with Crippen molar-refractivity contribution < 1.29 is 14.2 Å². The first-order chi connectivity index (χ1) is 11.7. The van der Waals surface area contributed by atoms with Crippen LogP contribution >= 0.6 is 0 Å².